The molecule has 0 bridgehead atoms. The number of ether oxygens (including phenoxy) is 1. The molecule has 0 radical (unpaired) electrons. The van der Waals surface area contributed by atoms with Crippen molar-refractivity contribution in [1.82, 2.24) is 5.32 Å². The standard InChI is InChI=1S/C11H12F2N2O4/c12-11(13)19-7-3-1-2-6(4-7)10(18)15-8(14)5-9(16)17/h1-4,8,11H,5,14H2,(H,15,18)(H,16,17). The number of aliphatic carboxylic acids is 1. The van der Waals surface area contributed by atoms with Crippen LogP contribution in [-0.4, -0.2) is 29.8 Å². The summed E-state index contributed by atoms with van der Waals surface area (Å²) < 4.78 is 28.1. The lowest BCUT2D eigenvalue weighted by molar-refractivity contribution is -0.137. The highest BCUT2D eigenvalue weighted by molar-refractivity contribution is 5.94. The van der Waals surface area contributed by atoms with Gasteiger partial charge in [-0.2, -0.15) is 8.78 Å². The lowest BCUT2D eigenvalue weighted by Gasteiger charge is -2.12. The normalized spacial score (nSPS) is 12.0. The van der Waals surface area contributed by atoms with E-state index in [2.05, 4.69) is 10.1 Å². The first kappa shape index (κ1) is 14.8. The largest absolute Gasteiger partial charge is 0.481 e. The summed E-state index contributed by atoms with van der Waals surface area (Å²) in [5.74, 6) is -2.01. The van der Waals surface area contributed by atoms with E-state index in [9.17, 15) is 18.4 Å². The van der Waals surface area contributed by atoms with Gasteiger partial charge in [-0.1, -0.05) is 6.07 Å². The minimum Gasteiger partial charge on any atom is -0.481 e. The molecule has 0 aliphatic heterocycles. The average molecular weight is 274 g/mol. The van der Waals surface area contributed by atoms with Crippen LogP contribution in [0.2, 0.25) is 0 Å². The molecule has 104 valence electrons. The molecule has 0 aliphatic carbocycles. The number of benzene rings is 1. The fraction of sp³-hybridized carbons (Fsp3) is 0.273. The van der Waals surface area contributed by atoms with Gasteiger partial charge in [0.2, 0.25) is 0 Å². The summed E-state index contributed by atoms with van der Waals surface area (Å²) in [5.41, 5.74) is 5.41. The summed E-state index contributed by atoms with van der Waals surface area (Å²) in [7, 11) is 0. The maximum Gasteiger partial charge on any atom is 0.387 e. The fourth-order valence-electron chi connectivity index (χ4n) is 1.30. The minimum atomic E-state index is -2.99. The van der Waals surface area contributed by atoms with Crippen molar-refractivity contribution < 1.29 is 28.2 Å². The van der Waals surface area contributed by atoms with Crippen molar-refractivity contribution in [1.29, 1.82) is 0 Å². The van der Waals surface area contributed by atoms with Crippen molar-refractivity contribution in [2.75, 3.05) is 0 Å². The van der Waals surface area contributed by atoms with Gasteiger partial charge < -0.3 is 20.9 Å². The number of hydrogen-bond donors (Lipinski definition) is 3. The smallest absolute Gasteiger partial charge is 0.387 e. The number of carbonyl (C=O) groups excluding carboxylic acids is 1. The van der Waals surface area contributed by atoms with E-state index in [0.29, 0.717) is 0 Å². The van der Waals surface area contributed by atoms with Crippen molar-refractivity contribution in [3.05, 3.63) is 29.8 Å². The topological polar surface area (TPSA) is 102 Å². The Labute approximate surface area is 107 Å². The maximum absolute atomic E-state index is 12.0. The predicted octanol–water partition coefficient (Wildman–Crippen LogP) is 0.777. The Morgan fingerprint density at radius 1 is 1.42 bits per heavy atom. The highest BCUT2D eigenvalue weighted by Crippen LogP contribution is 2.15. The van der Waals surface area contributed by atoms with Crippen LogP contribution in [0.1, 0.15) is 16.8 Å². The molecule has 4 N–H and O–H groups in total. The number of alkyl halides is 2. The lowest BCUT2D eigenvalue weighted by Crippen LogP contribution is -2.42. The van der Waals surface area contributed by atoms with Gasteiger partial charge in [0.1, 0.15) is 5.75 Å². The summed E-state index contributed by atoms with van der Waals surface area (Å²) in [6, 6.07) is 5.09. The van der Waals surface area contributed by atoms with Crippen LogP contribution in [0.15, 0.2) is 24.3 Å². The van der Waals surface area contributed by atoms with Crippen molar-refractivity contribution in [3.8, 4) is 5.75 Å². The van der Waals surface area contributed by atoms with E-state index in [-0.39, 0.29) is 11.3 Å². The molecular weight excluding hydrogens is 262 g/mol. The molecule has 8 heteroatoms. The number of amides is 1. The summed E-state index contributed by atoms with van der Waals surface area (Å²) >= 11 is 0. The molecule has 0 aliphatic rings. The number of rotatable bonds is 6. The van der Waals surface area contributed by atoms with Gasteiger partial charge in [-0.3, -0.25) is 9.59 Å². The van der Waals surface area contributed by atoms with Crippen LogP contribution < -0.4 is 15.8 Å². The number of hydrogen-bond acceptors (Lipinski definition) is 4. The Hall–Kier alpha value is -2.22. The molecule has 19 heavy (non-hydrogen) atoms. The molecule has 1 amide bonds. The number of carbonyl (C=O) groups is 2. The van der Waals surface area contributed by atoms with Crippen LogP contribution in [0.5, 0.6) is 5.75 Å². The third kappa shape index (κ3) is 5.30. The zero-order valence-electron chi connectivity index (χ0n) is 9.68. The second-order valence-electron chi connectivity index (χ2n) is 3.58. The van der Waals surface area contributed by atoms with Gasteiger partial charge in [0, 0.05) is 5.56 Å². The zero-order valence-corrected chi connectivity index (χ0v) is 9.68. The van der Waals surface area contributed by atoms with E-state index in [1.807, 2.05) is 0 Å². The molecule has 1 atom stereocenters. The molecule has 0 spiro atoms. The molecule has 0 saturated heterocycles. The third-order valence-electron chi connectivity index (χ3n) is 2.03. The Bertz CT molecular complexity index is 468. The molecule has 0 fully saturated rings. The minimum absolute atomic E-state index is 0.0407. The van der Waals surface area contributed by atoms with Gasteiger partial charge in [-0.25, -0.2) is 0 Å². The lowest BCUT2D eigenvalue weighted by atomic mass is 10.2. The van der Waals surface area contributed by atoms with E-state index in [4.69, 9.17) is 10.8 Å². The van der Waals surface area contributed by atoms with Gasteiger partial charge in [-0.05, 0) is 18.2 Å². The molecule has 0 saturated carbocycles. The second-order valence-corrected chi connectivity index (χ2v) is 3.58. The number of carboxylic acid groups (broad SMARTS) is 1. The van der Waals surface area contributed by atoms with Crippen LogP contribution in [-0.2, 0) is 4.79 Å². The zero-order chi connectivity index (χ0) is 14.4. The van der Waals surface area contributed by atoms with E-state index in [1.165, 1.54) is 18.2 Å². The summed E-state index contributed by atoms with van der Waals surface area (Å²) in [6.07, 6.45) is -1.51. The Morgan fingerprint density at radius 2 is 2.11 bits per heavy atom. The van der Waals surface area contributed by atoms with E-state index < -0.39 is 31.1 Å². The monoisotopic (exact) mass is 274 g/mol. The summed E-state index contributed by atoms with van der Waals surface area (Å²) in [6.45, 7) is -2.99. The predicted molar refractivity (Wildman–Crippen MR) is 60.8 cm³/mol. The Kier molecular flexibility index (Phi) is 5.19. The molecular formula is C11H12F2N2O4. The number of halogens is 2. The number of carboxylic acids is 1. The average Bonchev–Trinajstić information content (AvgIpc) is 2.27. The van der Waals surface area contributed by atoms with Crippen molar-refractivity contribution in [2.24, 2.45) is 5.73 Å². The van der Waals surface area contributed by atoms with Gasteiger partial charge >= 0.3 is 12.6 Å². The molecule has 1 rings (SSSR count). The SMILES string of the molecule is NC(CC(=O)O)NC(=O)c1cccc(OC(F)F)c1. The highest BCUT2D eigenvalue weighted by atomic mass is 19.3. The van der Waals surface area contributed by atoms with Gasteiger partial charge in [0.25, 0.3) is 5.91 Å². The molecule has 1 aromatic rings. The first-order valence-corrected chi connectivity index (χ1v) is 5.21. The van der Waals surface area contributed by atoms with Crippen molar-refractivity contribution >= 4 is 11.9 Å². The van der Waals surface area contributed by atoms with Crippen LogP contribution in [0.4, 0.5) is 8.78 Å². The fourth-order valence-corrected chi connectivity index (χ4v) is 1.30. The second kappa shape index (κ2) is 6.64. The van der Waals surface area contributed by atoms with Crippen molar-refractivity contribution in [2.45, 2.75) is 19.2 Å². The number of nitrogens with two attached hydrogens (primary N) is 1. The first-order valence-electron chi connectivity index (χ1n) is 5.21. The van der Waals surface area contributed by atoms with Crippen LogP contribution >= 0.6 is 0 Å². The summed E-state index contributed by atoms with van der Waals surface area (Å²) in [4.78, 5) is 22.0. The Morgan fingerprint density at radius 3 is 2.68 bits per heavy atom. The van der Waals surface area contributed by atoms with Gasteiger partial charge in [-0.15, -0.1) is 0 Å². The highest BCUT2D eigenvalue weighted by Gasteiger charge is 2.14. The van der Waals surface area contributed by atoms with E-state index >= 15 is 0 Å². The summed E-state index contributed by atoms with van der Waals surface area (Å²) in [5, 5.41) is 10.7. The Balaban J connectivity index is 2.68. The molecule has 0 aromatic heterocycles. The molecule has 0 heterocycles. The molecule has 1 aromatic carbocycles. The van der Waals surface area contributed by atoms with Crippen LogP contribution in [0.25, 0.3) is 0 Å². The molecule has 6 nitrogen and oxygen atoms in total. The van der Waals surface area contributed by atoms with Crippen LogP contribution in [0, 0.1) is 0 Å². The molecule has 1 unspecified atom stereocenters. The van der Waals surface area contributed by atoms with E-state index in [1.54, 1.807) is 0 Å². The first-order chi connectivity index (χ1) is 8.88. The third-order valence-corrected chi connectivity index (χ3v) is 2.03. The maximum atomic E-state index is 12.0. The van der Waals surface area contributed by atoms with Gasteiger partial charge in [0.15, 0.2) is 0 Å². The number of nitrogens with one attached hydrogen (secondary N) is 1. The van der Waals surface area contributed by atoms with Gasteiger partial charge in [0.05, 0.1) is 12.6 Å². The van der Waals surface area contributed by atoms with E-state index in [0.717, 1.165) is 6.07 Å². The van der Waals surface area contributed by atoms with Crippen LogP contribution in [0.3, 0.4) is 0 Å². The quantitative estimate of drug-likeness (QED) is 0.665. The van der Waals surface area contributed by atoms with Crippen molar-refractivity contribution in [3.63, 3.8) is 0 Å².